The molecule has 3 aromatic carbocycles. The van der Waals surface area contributed by atoms with Gasteiger partial charge in [-0.2, -0.15) is 0 Å². The summed E-state index contributed by atoms with van der Waals surface area (Å²) in [6.45, 7) is 1.46. The van der Waals surface area contributed by atoms with Crippen LogP contribution in [0.15, 0.2) is 72.8 Å². The number of rotatable bonds is 9. The van der Waals surface area contributed by atoms with Gasteiger partial charge >= 0.3 is 5.97 Å². The molecule has 2 saturated heterocycles. The lowest BCUT2D eigenvalue weighted by Gasteiger charge is -2.48. The van der Waals surface area contributed by atoms with Crippen LogP contribution in [-0.2, 0) is 14.3 Å². The number of benzene rings is 3. The zero-order chi connectivity index (χ0) is 30.1. The Balaban J connectivity index is 1.34. The van der Waals surface area contributed by atoms with E-state index in [2.05, 4.69) is 0 Å². The molecular formula is C31H31F2NO8. The number of aliphatic hydroxyl groups is 3. The van der Waals surface area contributed by atoms with Crippen LogP contribution in [0.25, 0.3) is 0 Å². The highest BCUT2D eigenvalue weighted by atomic mass is 19.1. The predicted octanol–water partition coefficient (Wildman–Crippen LogP) is 3.73. The van der Waals surface area contributed by atoms with Crippen LogP contribution in [0.4, 0.5) is 14.5 Å². The Kier molecular flexibility index (Phi) is 8.55. The number of carboxylic acid groups (broad SMARTS) is 1. The molecule has 0 radical (unpaired) electrons. The molecule has 0 unspecified atom stereocenters. The van der Waals surface area contributed by atoms with Gasteiger partial charge in [0.2, 0.25) is 12.2 Å². The summed E-state index contributed by atoms with van der Waals surface area (Å²) in [5, 5.41) is 40.7. The van der Waals surface area contributed by atoms with Crippen molar-refractivity contribution in [2.45, 2.75) is 56.5 Å². The van der Waals surface area contributed by atoms with Crippen molar-refractivity contribution in [3.05, 3.63) is 95.6 Å². The van der Waals surface area contributed by atoms with Gasteiger partial charge in [0, 0.05) is 11.6 Å². The Morgan fingerprint density at radius 2 is 1.55 bits per heavy atom. The SMILES string of the molecule is C[C@H]1[C@H](O)[C@@H](O)[C@H](Oc2ccc([C@@H]3[C@@H](CC[C@H](O)c4ccc(F)cc4)C(=O)N3c3ccc(F)cc3)cc2)O[C@@H]1C(=O)O. The maximum atomic E-state index is 13.6. The minimum Gasteiger partial charge on any atom is -0.479 e. The Morgan fingerprint density at radius 3 is 2.14 bits per heavy atom. The molecule has 222 valence electrons. The second-order valence-electron chi connectivity index (χ2n) is 10.7. The summed E-state index contributed by atoms with van der Waals surface area (Å²) in [4.78, 5) is 26.4. The van der Waals surface area contributed by atoms with Gasteiger partial charge in [0.15, 0.2) is 6.10 Å². The molecule has 2 aliphatic heterocycles. The van der Waals surface area contributed by atoms with E-state index in [-0.39, 0.29) is 18.1 Å². The maximum absolute atomic E-state index is 13.6. The summed E-state index contributed by atoms with van der Waals surface area (Å²) >= 11 is 0. The summed E-state index contributed by atoms with van der Waals surface area (Å²) < 4.78 is 38.0. The number of carboxylic acids is 1. The van der Waals surface area contributed by atoms with Crippen molar-refractivity contribution in [3.63, 3.8) is 0 Å². The highest BCUT2D eigenvalue weighted by molar-refractivity contribution is 6.03. The minimum atomic E-state index is -1.48. The average molecular weight is 584 g/mol. The van der Waals surface area contributed by atoms with Gasteiger partial charge < -0.3 is 34.8 Å². The second-order valence-corrected chi connectivity index (χ2v) is 10.7. The third-order valence-electron chi connectivity index (χ3n) is 7.97. The lowest BCUT2D eigenvalue weighted by atomic mass is 9.78. The molecule has 2 heterocycles. The van der Waals surface area contributed by atoms with E-state index in [0.717, 1.165) is 5.56 Å². The van der Waals surface area contributed by atoms with E-state index in [9.17, 15) is 38.8 Å². The molecular weight excluding hydrogens is 552 g/mol. The van der Waals surface area contributed by atoms with Gasteiger partial charge in [-0.1, -0.05) is 31.2 Å². The monoisotopic (exact) mass is 583 g/mol. The fourth-order valence-corrected chi connectivity index (χ4v) is 5.55. The number of hydrogen-bond acceptors (Lipinski definition) is 7. The van der Waals surface area contributed by atoms with Crippen molar-refractivity contribution in [1.82, 2.24) is 0 Å². The van der Waals surface area contributed by atoms with E-state index in [1.807, 2.05) is 0 Å². The summed E-state index contributed by atoms with van der Waals surface area (Å²) in [5.74, 6) is -3.47. The lowest BCUT2D eigenvalue weighted by molar-refractivity contribution is -0.256. The van der Waals surface area contributed by atoms with E-state index in [1.165, 1.54) is 55.5 Å². The first-order valence-corrected chi connectivity index (χ1v) is 13.6. The molecule has 9 nitrogen and oxygen atoms in total. The van der Waals surface area contributed by atoms with Gasteiger partial charge in [-0.3, -0.25) is 4.79 Å². The Morgan fingerprint density at radius 1 is 0.952 bits per heavy atom. The number of halogens is 2. The van der Waals surface area contributed by atoms with Crippen molar-refractivity contribution < 1.29 is 48.3 Å². The molecule has 0 aromatic heterocycles. The van der Waals surface area contributed by atoms with E-state index in [1.54, 1.807) is 29.2 Å². The molecule has 42 heavy (non-hydrogen) atoms. The number of aliphatic hydroxyl groups excluding tert-OH is 3. The summed E-state index contributed by atoms with van der Waals surface area (Å²) in [6.07, 6.45) is -5.98. The quantitative estimate of drug-likeness (QED) is 0.280. The molecule has 4 N–H and O–H groups in total. The van der Waals surface area contributed by atoms with Crippen LogP contribution < -0.4 is 9.64 Å². The number of ether oxygens (including phenoxy) is 2. The first-order valence-electron chi connectivity index (χ1n) is 13.6. The van der Waals surface area contributed by atoms with Crippen molar-refractivity contribution in [1.29, 1.82) is 0 Å². The molecule has 1 amide bonds. The first-order chi connectivity index (χ1) is 20.0. The van der Waals surface area contributed by atoms with Crippen molar-refractivity contribution in [2.24, 2.45) is 11.8 Å². The highest BCUT2D eigenvalue weighted by Crippen LogP contribution is 2.46. The smallest absolute Gasteiger partial charge is 0.333 e. The summed E-state index contributed by atoms with van der Waals surface area (Å²) in [5.41, 5.74) is 1.76. The molecule has 0 spiro atoms. The Labute approximate surface area is 240 Å². The second kappa shape index (κ2) is 12.1. The number of carbonyl (C=O) groups is 2. The lowest BCUT2D eigenvalue weighted by Crippen LogP contribution is -2.57. The largest absolute Gasteiger partial charge is 0.479 e. The number of aliphatic carboxylic acids is 1. The number of anilines is 1. The molecule has 3 aromatic rings. The van der Waals surface area contributed by atoms with Crippen LogP contribution in [0.5, 0.6) is 5.75 Å². The van der Waals surface area contributed by atoms with Crippen LogP contribution in [0, 0.1) is 23.5 Å². The van der Waals surface area contributed by atoms with Gasteiger partial charge in [0.05, 0.1) is 24.2 Å². The fraction of sp³-hybridized carbons (Fsp3) is 0.355. The van der Waals surface area contributed by atoms with Crippen LogP contribution in [0.3, 0.4) is 0 Å². The van der Waals surface area contributed by atoms with Crippen LogP contribution in [0.1, 0.15) is 43.0 Å². The van der Waals surface area contributed by atoms with Crippen LogP contribution in [-0.4, -0.2) is 56.9 Å². The Bertz CT molecular complexity index is 1400. The van der Waals surface area contributed by atoms with Crippen molar-refractivity contribution >= 4 is 17.6 Å². The van der Waals surface area contributed by atoms with Crippen LogP contribution in [0.2, 0.25) is 0 Å². The number of hydrogen-bond donors (Lipinski definition) is 4. The molecule has 0 aliphatic carbocycles. The van der Waals surface area contributed by atoms with E-state index >= 15 is 0 Å². The topological polar surface area (TPSA) is 137 Å². The molecule has 2 fully saturated rings. The predicted molar refractivity (Wildman–Crippen MR) is 145 cm³/mol. The number of nitrogens with zero attached hydrogens (tertiary/aromatic N) is 1. The van der Waals surface area contributed by atoms with Crippen molar-refractivity contribution in [3.8, 4) is 5.75 Å². The summed E-state index contributed by atoms with van der Waals surface area (Å²) in [7, 11) is 0. The highest BCUT2D eigenvalue weighted by Gasteiger charge is 2.49. The summed E-state index contributed by atoms with van der Waals surface area (Å²) in [6, 6.07) is 17.1. The molecule has 0 saturated carbocycles. The molecule has 11 heteroatoms. The van der Waals surface area contributed by atoms with E-state index in [0.29, 0.717) is 17.7 Å². The number of β-lactam (4-membered cyclic amide) rings is 1. The van der Waals surface area contributed by atoms with Gasteiger partial charge in [0.1, 0.15) is 23.5 Å². The zero-order valence-corrected chi connectivity index (χ0v) is 22.6. The number of amides is 1. The average Bonchev–Trinajstić information content (AvgIpc) is 2.97. The van der Waals surface area contributed by atoms with Crippen molar-refractivity contribution in [2.75, 3.05) is 4.90 Å². The van der Waals surface area contributed by atoms with Crippen LogP contribution >= 0.6 is 0 Å². The Hall–Kier alpha value is -3.90. The fourth-order valence-electron chi connectivity index (χ4n) is 5.55. The molecule has 0 bridgehead atoms. The van der Waals surface area contributed by atoms with Gasteiger partial charge in [-0.25, -0.2) is 13.6 Å². The maximum Gasteiger partial charge on any atom is 0.333 e. The minimum absolute atomic E-state index is 0.195. The number of carbonyl (C=O) groups excluding carboxylic acids is 1. The standard InChI is InChI=1S/C31H31F2NO8/c1-16-26(36)27(37)31(42-28(16)30(39)40)41-22-12-4-18(5-13-22)25-23(14-15-24(35)17-2-6-19(32)7-3-17)29(38)34(25)21-10-8-20(33)9-11-21/h2-13,16,23-28,31,35-37H,14-15H2,1H3,(H,39,40)/t16-,23+,24-,25+,26-,27+,28-,31+/m0/s1. The molecule has 8 atom stereocenters. The van der Waals surface area contributed by atoms with Gasteiger partial charge in [-0.05, 0) is 72.5 Å². The van der Waals surface area contributed by atoms with Gasteiger partial charge in [0.25, 0.3) is 0 Å². The molecule has 5 rings (SSSR count). The normalized spacial score (nSPS) is 28.2. The van der Waals surface area contributed by atoms with E-state index < -0.39 is 66.2 Å². The van der Waals surface area contributed by atoms with E-state index in [4.69, 9.17) is 9.47 Å². The zero-order valence-electron chi connectivity index (χ0n) is 22.6. The third-order valence-corrected chi connectivity index (χ3v) is 7.97. The third kappa shape index (κ3) is 5.86. The van der Waals surface area contributed by atoms with Gasteiger partial charge in [-0.15, -0.1) is 0 Å². The molecule has 2 aliphatic rings. The first kappa shape index (κ1) is 29.6.